The highest BCUT2D eigenvalue weighted by Gasteiger charge is 2.12. The first-order chi connectivity index (χ1) is 10.6. The molecule has 3 rings (SSSR count). The van der Waals surface area contributed by atoms with Crippen LogP contribution in [0.4, 0.5) is 0 Å². The molecule has 8 heteroatoms. The Morgan fingerprint density at radius 2 is 2.00 bits per heavy atom. The number of rotatable bonds is 2. The number of para-hydroxylation sites is 2. The summed E-state index contributed by atoms with van der Waals surface area (Å²) in [6.07, 6.45) is 1.15. The van der Waals surface area contributed by atoms with E-state index in [4.69, 9.17) is 0 Å². The molecule has 0 spiro atoms. The molecule has 0 fully saturated rings. The molecule has 0 aliphatic carbocycles. The number of nitrogens with one attached hydrogen (secondary N) is 3. The van der Waals surface area contributed by atoms with Crippen molar-refractivity contribution in [2.75, 3.05) is 0 Å². The Morgan fingerprint density at radius 3 is 2.68 bits per heavy atom. The van der Waals surface area contributed by atoms with E-state index in [1.807, 2.05) is 22.1 Å². The van der Waals surface area contributed by atoms with Crippen LogP contribution in [0.5, 0.6) is 5.88 Å². The topological polar surface area (TPSA) is 138 Å². The van der Waals surface area contributed by atoms with Crippen molar-refractivity contribution in [1.29, 1.82) is 5.26 Å². The first-order valence-corrected chi connectivity index (χ1v) is 6.21. The molecule has 0 saturated carbocycles. The number of nitrogens with zero attached hydrogens (tertiary/aromatic N) is 2. The van der Waals surface area contributed by atoms with Gasteiger partial charge in [-0.2, -0.15) is 5.26 Å². The van der Waals surface area contributed by atoms with Crippen LogP contribution in [0, 0.1) is 11.3 Å². The summed E-state index contributed by atoms with van der Waals surface area (Å²) in [5.41, 5.74) is -0.413. The molecule has 108 valence electrons. The normalized spacial score (nSPS) is 11.5. The third-order valence-corrected chi connectivity index (χ3v) is 3.01. The standard InChI is InChI=1S/C14H9N5O3/c15-6-7(5-8-12(20)18-14(22)19-13(8)21)11-16-9-3-1-2-4-10(9)17-11/h1-5H,(H,16,17)(H3,18,19,20,21,22). The van der Waals surface area contributed by atoms with Crippen molar-refractivity contribution in [3.8, 4) is 11.9 Å². The summed E-state index contributed by atoms with van der Waals surface area (Å²) in [6.45, 7) is 0. The fraction of sp³-hybridized carbons (Fsp3) is 0. The Morgan fingerprint density at radius 1 is 1.23 bits per heavy atom. The quantitative estimate of drug-likeness (QED) is 0.516. The second-order valence-corrected chi connectivity index (χ2v) is 4.44. The van der Waals surface area contributed by atoms with Crippen molar-refractivity contribution in [2.24, 2.45) is 0 Å². The van der Waals surface area contributed by atoms with Crippen LogP contribution in [0.2, 0.25) is 0 Å². The number of benzene rings is 1. The zero-order valence-electron chi connectivity index (χ0n) is 11.0. The molecule has 0 unspecified atom stereocenters. The van der Waals surface area contributed by atoms with Crippen LogP contribution in [-0.4, -0.2) is 25.0 Å². The maximum atomic E-state index is 11.7. The van der Waals surface area contributed by atoms with Gasteiger partial charge in [-0.15, -0.1) is 0 Å². The molecular formula is C14H9N5O3. The highest BCUT2D eigenvalue weighted by Crippen LogP contribution is 2.19. The van der Waals surface area contributed by atoms with E-state index in [9.17, 15) is 20.0 Å². The molecule has 8 nitrogen and oxygen atoms in total. The number of allylic oxidation sites excluding steroid dienone is 1. The Labute approximate surface area is 122 Å². The Bertz CT molecular complexity index is 1020. The minimum Gasteiger partial charge on any atom is -0.494 e. The fourth-order valence-corrected chi connectivity index (χ4v) is 2.00. The van der Waals surface area contributed by atoms with Crippen LogP contribution in [0.1, 0.15) is 11.4 Å². The molecule has 0 saturated heterocycles. The molecule has 0 bridgehead atoms. The van der Waals surface area contributed by atoms with E-state index in [1.54, 1.807) is 18.2 Å². The number of fused-ring (bicyclic) bond motifs is 1. The maximum Gasteiger partial charge on any atom is 0.328 e. The first kappa shape index (κ1) is 13.4. The lowest BCUT2D eigenvalue weighted by Crippen LogP contribution is -2.23. The van der Waals surface area contributed by atoms with Gasteiger partial charge in [-0.1, -0.05) is 12.1 Å². The van der Waals surface area contributed by atoms with E-state index in [2.05, 4.69) is 9.97 Å². The Hall–Kier alpha value is -3.60. The summed E-state index contributed by atoms with van der Waals surface area (Å²) in [4.78, 5) is 33.9. The molecule has 1 aromatic carbocycles. The van der Waals surface area contributed by atoms with Gasteiger partial charge in [-0.05, 0) is 18.2 Å². The van der Waals surface area contributed by atoms with Crippen molar-refractivity contribution in [3.05, 3.63) is 56.5 Å². The number of hydrogen-bond donors (Lipinski definition) is 4. The van der Waals surface area contributed by atoms with E-state index >= 15 is 0 Å². The summed E-state index contributed by atoms with van der Waals surface area (Å²) in [5, 5.41) is 18.9. The molecule has 0 aliphatic heterocycles. The second kappa shape index (κ2) is 5.06. The highest BCUT2D eigenvalue weighted by molar-refractivity contribution is 5.90. The minimum atomic E-state index is -0.832. The van der Waals surface area contributed by atoms with Gasteiger partial charge in [0.2, 0.25) is 5.88 Å². The second-order valence-electron chi connectivity index (χ2n) is 4.44. The van der Waals surface area contributed by atoms with Crippen LogP contribution in [0.15, 0.2) is 33.9 Å². The summed E-state index contributed by atoms with van der Waals surface area (Å²) >= 11 is 0. The lowest BCUT2D eigenvalue weighted by molar-refractivity contribution is 0.447. The average Bonchev–Trinajstić information content (AvgIpc) is 2.90. The van der Waals surface area contributed by atoms with Crippen LogP contribution < -0.4 is 11.2 Å². The molecule has 0 radical (unpaired) electrons. The predicted octanol–water partition coefficient (Wildman–Crippen LogP) is 0.709. The molecule has 22 heavy (non-hydrogen) atoms. The number of H-pyrrole nitrogens is 3. The van der Waals surface area contributed by atoms with E-state index in [-0.39, 0.29) is 17.0 Å². The molecule has 0 aliphatic rings. The van der Waals surface area contributed by atoms with Gasteiger partial charge in [0, 0.05) is 0 Å². The number of nitriles is 1. The van der Waals surface area contributed by atoms with Crippen molar-refractivity contribution in [2.45, 2.75) is 0 Å². The lowest BCUT2D eigenvalue weighted by atomic mass is 10.2. The van der Waals surface area contributed by atoms with Gasteiger partial charge in [0.05, 0.1) is 16.6 Å². The summed E-state index contributed by atoms with van der Waals surface area (Å²) in [5.74, 6) is -0.355. The largest absolute Gasteiger partial charge is 0.494 e. The van der Waals surface area contributed by atoms with Crippen molar-refractivity contribution < 1.29 is 5.11 Å². The fourth-order valence-electron chi connectivity index (χ4n) is 2.00. The molecule has 0 atom stereocenters. The van der Waals surface area contributed by atoms with Crippen molar-refractivity contribution in [1.82, 2.24) is 19.9 Å². The zero-order valence-corrected chi connectivity index (χ0v) is 11.0. The lowest BCUT2D eigenvalue weighted by Gasteiger charge is -1.97. The Balaban J connectivity index is 2.18. The SMILES string of the molecule is N#CC(=Cc1c(O)[nH]c(=O)[nH]c1=O)c1nc2ccccc2[nH]1. The number of hydrogen-bond acceptors (Lipinski definition) is 5. The minimum absolute atomic E-state index is 0.0454. The molecular weight excluding hydrogens is 286 g/mol. The van der Waals surface area contributed by atoms with Gasteiger partial charge >= 0.3 is 5.69 Å². The third-order valence-electron chi connectivity index (χ3n) is 3.01. The smallest absolute Gasteiger partial charge is 0.328 e. The highest BCUT2D eigenvalue weighted by atomic mass is 16.3. The van der Waals surface area contributed by atoms with Gasteiger partial charge < -0.3 is 10.1 Å². The van der Waals surface area contributed by atoms with Crippen LogP contribution in [-0.2, 0) is 0 Å². The van der Waals surface area contributed by atoms with Crippen molar-refractivity contribution in [3.63, 3.8) is 0 Å². The van der Waals surface area contributed by atoms with Crippen LogP contribution >= 0.6 is 0 Å². The number of aromatic hydroxyl groups is 1. The zero-order chi connectivity index (χ0) is 15.7. The number of imidazole rings is 1. The van der Waals surface area contributed by atoms with Crippen LogP contribution in [0.3, 0.4) is 0 Å². The number of aromatic amines is 3. The molecule has 2 heterocycles. The molecule has 2 aromatic heterocycles. The van der Waals surface area contributed by atoms with Gasteiger partial charge in [-0.3, -0.25) is 14.8 Å². The summed E-state index contributed by atoms with van der Waals surface area (Å²) < 4.78 is 0. The monoisotopic (exact) mass is 295 g/mol. The summed E-state index contributed by atoms with van der Waals surface area (Å²) in [6, 6.07) is 9.10. The Kier molecular flexibility index (Phi) is 3.08. The van der Waals surface area contributed by atoms with Crippen molar-refractivity contribution >= 4 is 22.7 Å². The van der Waals surface area contributed by atoms with E-state index in [0.717, 1.165) is 11.6 Å². The van der Waals surface area contributed by atoms with Gasteiger partial charge in [-0.25, -0.2) is 9.78 Å². The van der Waals surface area contributed by atoms with Gasteiger partial charge in [0.15, 0.2) is 0 Å². The summed E-state index contributed by atoms with van der Waals surface area (Å²) in [7, 11) is 0. The van der Waals surface area contributed by atoms with Gasteiger partial charge in [0.1, 0.15) is 17.5 Å². The average molecular weight is 295 g/mol. The van der Waals surface area contributed by atoms with E-state index in [0.29, 0.717) is 5.52 Å². The third kappa shape index (κ3) is 2.27. The first-order valence-electron chi connectivity index (χ1n) is 6.21. The maximum absolute atomic E-state index is 11.7. The molecule has 4 N–H and O–H groups in total. The molecule has 3 aromatic rings. The molecule has 0 amide bonds. The van der Waals surface area contributed by atoms with Crippen LogP contribution in [0.25, 0.3) is 22.7 Å². The van der Waals surface area contributed by atoms with Gasteiger partial charge in [0.25, 0.3) is 5.56 Å². The van der Waals surface area contributed by atoms with E-state index in [1.165, 1.54) is 0 Å². The van der Waals surface area contributed by atoms with E-state index < -0.39 is 17.1 Å². The predicted molar refractivity (Wildman–Crippen MR) is 78.9 cm³/mol. The number of aromatic nitrogens is 4.